The molecule has 0 radical (unpaired) electrons. The minimum Gasteiger partial charge on any atom is -0.379 e. The number of nitrogens with zero attached hydrogens (tertiary/aromatic N) is 1. The van der Waals surface area contributed by atoms with Crippen LogP contribution in [-0.4, -0.2) is 23.6 Å². The van der Waals surface area contributed by atoms with Crippen LogP contribution in [0.5, 0.6) is 0 Å². The van der Waals surface area contributed by atoms with Gasteiger partial charge in [0.25, 0.3) is 0 Å². The Morgan fingerprint density at radius 2 is 2.30 bits per heavy atom. The molecule has 3 atom stereocenters. The van der Waals surface area contributed by atoms with Gasteiger partial charge in [-0.1, -0.05) is 36.9 Å². The van der Waals surface area contributed by atoms with Gasteiger partial charge in [-0.2, -0.15) is 0 Å². The van der Waals surface area contributed by atoms with Crippen molar-refractivity contribution in [1.82, 2.24) is 0 Å². The normalized spacial score (nSPS) is 33.4. The van der Waals surface area contributed by atoms with Crippen LogP contribution >= 0.6 is 11.8 Å². The van der Waals surface area contributed by atoms with E-state index >= 15 is 0 Å². The zero-order valence-electron chi connectivity index (χ0n) is 11.5. The third-order valence-electron chi connectivity index (χ3n) is 4.30. The van der Waals surface area contributed by atoms with Gasteiger partial charge in [0.2, 0.25) is 0 Å². The minimum absolute atomic E-state index is 0.223. The molecule has 0 bridgehead atoms. The smallest absolute Gasteiger partial charge is 0.154 e. The molecule has 0 aromatic heterocycles. The van der Waals surface area contributed by atoms with Gasteiger partial charge in [0, 0.05) is 17.2 Å². The third kappa shape index (κ3) is 2.23. The van der Waals surface area contributed by atoms with E-state index < -0.39 is 5.54 Å². The molecule has 1 aromatic rings. The molecule has 2 heterocycles. The molecule has 20 heavy (non-hydrogen) atoms. The van der Waals surface area contributed by atoms with Crippen LogP contribution in [0.4, 0.5) is 4.39 Å². The van der Waals surface area contributed by atoms with Crippen molar-refractivity contribution in [2.45, 2.75) is 31.4 Å². The van der Waals surface area contributed by atoms with E-state index in [9.17, 15) is 4.39 Å². The molecule has 2 aliphatic rings. The standard InChI is InChI=1S/C15H19FN2OS/c1-2-11-7-10-8-20-14(17)18-15(10,9-19-11)12-5-3-4-6-13(12)16/h3-6,10-11H,2,7-9H2,1H3,(H2,17,18)/t10-,11-,15-/m0/s1. The average molecular weight is 294 g/mol. The summed E-state index contributed by atoms with van der Waals surface area (Å²) in [7, 11) is 0. The zero-order valence-corrected chi connectivity index (χ0v) is 12.3. The fourth-order valence-electron chi connectivity index (χ4n) is 3.14. The number of aliphatic imine (C=N–C) groups is 1. The van der Waals surface area contributed by atoms with Crippen molar-refractivity contribution in [2.75, 3.05) is 12.4 Å². The summed E-state index contributed by atoms with van der Waals surface area (Å²) in [5, 5.41) is 0.531. The Hall–Kier alpha value is -1.07. The van der Waals surface area contributed by atoms with Crippen LogP contribution in [0.2, 0.25) is 0 Å². The summed E-state index contributed by atoms with van der Waals surface area (Å²) < 4.78 is 20.2. The maximum Gasteiger partial charge on any atom is 0.154 e. The van der Waals surface area contributed by atoms with Gasteiger partial charge in [-0.15, -0.1) is 0 Å². The van der Waals surface area contributed by atoms with Crippen molar-refractivity contribution in [1.29, 1.82) is 0 Å². The van der Waals surface area contributed by atoms with Gasteiger partial charge in [-0.3, -0.25) is 0 Å². The molecule has 2 N–H and O–H groups in total. The highest BCUT2D eigenvalue weighted by Crippen LogP contribution is 2.46. The Balaban J connectivity index is 2.06. The molecule has 0 unspecified atom stereocenters. The molecular formula is C15H19FN2OS. The highest BCUT2D eigenvalue weighted by atomic mass is 32.2. The first-order chi connectivity index (χ1) is 9.65. The van der Waals surface area contributed by atoms with Gasteiger partial charge in [0.05, 0.1) is 12.7 Å². The number of fused-ring (bicyclic) bond motifs is 1. The number of amidine groups is 1. The van der Waals surface area contributed by atoms with E-state index in [4.69, 9.17) is 10.5 Å². The molecule has 1 fully saturated rings. The monoisotopic (exact) mass is 294 g/mol. The Bertz CT molecular complexity index is 536. The maximum absolute atomic E-state index is 14.3. The Kier molecular flexibility index (Phi) is 3.73. The lowest BCUT2D eigenvalue weighted by Gasteiger charge is -2.46. The van der Waals surface area contributed by atoms with E-state index in [1.165, 1.54) is 6.07 Å². The number of hydrogen-bond acceptors (Lipinski definition) is 4. The van der Waals surface area contributed by atoms with E-state index in [2.05, 4.69) is 11.9 Å². The zero-order chi connectivity index (χ0) is 14.2. The van der Waals surface area contributed by atoms with Gasteiger partial charge in [0.15, 0.2) is 5.17 Å². The number of thioether (sulfide) groups is 1. The van der Waals surface area contributed by atoms with Crippen LogP contribution in [0.15, 0.2) is 29.3 Å². The van der Waals surface area contributed by atoms with Crippen molar-refractivity contribution in [3.63, 3.8) is 0 Å². The molecule has 3 nitrogen and oxygen atoms in total. The van der Waals surface area contributed by atoms with Gasteiger partial charge < -0.3 is 10.5 Å². The lowest BCUT2D eigenvalue weighted by molar-refractivity contribution is -0.0578. The summed E-state index contributed by atoms with van der Waals surface area (Å²) >= 11 is 1.57. The minimum atomic E-state index is -0.646. The molecule has 0 saturated carbocycles. The molecule has 108 valence electrons. The molecule has 1 aromatic carbocycles. The van der Waals surface area contributed by atoms with Crippen molar-refractivity contribution >= 4 is 16.9 Å². The van der Waals surface area contributed by atoms with Crippen molar-refractivity contribution in [3.8, 4) is 0 Å². The van der Waals surface area contributed by atoms with Crippen LogP contribution < -0.4 is 5.73 Å². The van der Waals surface area contributed by atoms with Gasteiger partial charge in [-0.05, 0) is 18.9 Å². The Labute approximate surface area is 122 Å². The van der Waals surface area contributed by atoms with Gasteiger partial charge in [-0.25, -0.2) is 9.38 Å². The lowest BCUT2D eigenvalue weighted by atomic mass is 9.74. The maximum atomic E-state index is 14.3. The van der Waals surface area contributed by atoms with Gasteiger partial charge in [0.1, 0.15) is 11.4 Å². The Morgan fingerprint density at radius 1 is 1.50 bits per heavy atom. The largest absolute Gasteiger partial charge is 0.379 e. The summed E-state index contributed by atoms with van der Waals surface area (Å²) in [5.74, 6) is 0.929. The first-order valence-electron chi connectivity index (χ1n) is 7.00. The number of nitrogens with two attached hydrogens (primary N) is 1. The van der Waals surface area contributed by atoms with E-state index in [1.807, 2.05) is 12.1 Å². The predicted molar refractivity (Wildman–Crippen MR) is 80.3 cm³/mol. The van der Waals surface area contributed by atoms with Crippen LogP contribution in [-0.2, 0) is 10.3 Å². The predicted octanol–water partition coefficient (Wildman–Crippen LogP) is 2.90. The molecular weight excluding hydrogens is 275 g/mol. The fourth-order valence-corrected chi connectivity index (χ4v) is 4.15. The fraction of sp³-hybridized carbons (Fsp3) is 0.533. The van der Waals surface area contributed by atoms with Gasteiger partial charge >= 0.3 is 0 Å². The number of ether oxygens (including phenoxy) is 1. The molecule has 3 rings (SSSR count). The SMILES string of the molecule is CC[C@H]1C[C@H]2CSC(N)=N[C@@]2(c2ccccc2F)CO1. The molecule has 0 aliphatic carbocycles. The Morgan fingerprint density at radius 3 is 3.05 bits per heavy atom. The summed E-state index contributed by atoms with van der Waals surface area (Å²) in [4.78, 5) is 4.63. The molecule has 0 amide bonds. The number of benzene rings is 1. The van der Waals surface area contributed by atoms with E-state index in [0.29, 0.717) is 17.3 Å². The van der Waals surface area contributed by atoms with Crippen LogP contribution in [0.3, 0.4) is 0 Å². The summed E-state index contributed by atoms with van der Waals surface area (Å²) in [6.45, 7) is 2.53. The molecule has 5 heteroatoms. The topological polar surface area (TPSA) is 47.6 Å². The second-order valence-electron chi connectivity index (χ2n) is 5.44. The van der Waals surface area contributed by atoms with E-state index in [1.54, 1.807) is 17.8 Å². The lowest BCUT2D eigenvalue weighted by Crippen LogP contribution is -2.50. The number of rotatable bonds is 2. The molecule has 2 aliphatic heterocycles. The third-order valence-corrected chi connectivity index (χ3v) is 5.26. The van der Waals surface area contributed by atoms with Crippen molar-refractivity contribution in [3.05, 3.63) is 35.6 Å². The summed E-state index contributed by atoms with van der Waals surface area (Å²) in [6.07, 6.45) is 2.14. The average Bonchev–Trinajstić information content (AvgIpc) is 2.47. The van der Waals surface area contributed by atoms with Crippen molar-refractivity contribution in [2.24, 2.45) is 16.6 Å². The van der Waals surface area contributed by atoms with Crippen LogP contribution in [0, 0.1) is 11.7 Å². The van der Waals surface area contributed by atoms with E-state index in [-0.39, 0.29) is 17.8 Å². The molecule has 1 saturated heterocycles. The first kappa shape index (κ1) is 13.9. The van der Waals surface area contributed by atoms with Crippen molar-refractivity contribution < 1.29 is 9.13 Å². The van der Waals surface area contributed by atoms with Crippen LogP contribution in [0.1, 0.15) is 25.3 Å². The summed E-state index contributed by atoms with van der Waals surface area (Å²) in [6, 6.07) is 6.85. The summed E-state index contributed by atoms with van der Waals surface area (Å²) in [5.41, 5.74) is 5.88. The second kappa shape index (κ2) is 5.37. The number of halogens is 1. The second-order valence-corrected chi connectivity index (χ2v) is 6.48. The highest BCUT2D eigenvalue weighted by Gasteiger charge is 2.48. The highest BCUT2D eigenvalue weighted by molar-refractivity contribution is 8.13. The molecule has 0 spiro atoms. The quantitative estimate of drug-likeness (QED) is 0.912. The van der Waals surface area contributed by atoms with E-state index in [0.717, 1.165) is 18.6 Å². The number of hydrogen-bond donors (Lipinski definition) is 1. The van der Waals surface area contributed by atoms with Crippen LogP contribution in [0.25, 0.3) is 0 Å². The first-order valence-corrected chi connectivity index (χ1v) is 7.99.